The zero-order valence-electron chi connectivity index (χ0n) is 9.89. The monoisotopic (exact) mass is 270 g/mol. The van der Waals surface area contributed by atoms with E-state index in [2.05, 4.69) is 5.27 Å². The lowest BCUT2D eigenvalue weighted by Gasteiger charge is -1.98. The molecule has 0 N–H and O–H groups in total. The molecule has 5 heteroatoms. The Balaban J connectivity index is 2.00. The topological polar surface area (TPSA) is 53.0 Å². The largest absolute Gasteiger partial charge is 0.538 e. The van der Waals surface area contributed by atoms with Crippen molar-refractivity contribution >= 4 is 11.8 Å². The molecule has 1 heterocycles. The van der Waals surface area contributed by atoms with E-state index >= 15 is 0 Å². The van der Waals surface area contributed by atoms with Gasteiger partial charge in [0, 0.05) is 17.0 Å². The summed E-state index contributed by atoms with van der Waals surface area (Å²) in [5, 5.41) is 16.0. The van der Waals surface area contributed by atoms with Crippen LogP contribution in [0.25, 0.3) is 5.69 Å². The first-order chi connectivity index (χ1) is 9.34. The molecule has 94 valence electrons. The molecule has 1 aromatic heterocycles. The van der Waals surface area contributed by atoms with Crippen LogP contribution < -0.4 is 9.79 Å². The molecule has 0 saturated heterocycles. The van der Waals surface area contributed by atoms with Crippen molar-refractivity contribution in [3.05, 3.63) is 60.7 Å². The molecule has 2 aromatic carbocycles. The fourth-order valence-electron chi connectivity index (χ4n) is 1.66. The number of hydrogen-bond donors (Lipinski definition) is 0. The number of hydrogen-bond acceptors (Lipinski definition) is 4. The summed E-state index contributed by atoms with van der Waals surface area (Å²) >= 11 is 1.34. The van der Waals surface area contributed by atoms with E-state index in [1.54, 1.807) is 0 Å². The second-order valence-corrected chi connectivity index (χ2v) is 4.89. The average molecular weight is 270 g/mol. The molecular weight excluding hydrogens is 260 g/mol. The van der Waals surface area contributed by atoms with Crippen LogP contribution in [0.2, 0.25) is 0 Å². The van der Waals surface area contributed by atoms with Gasteiger partial charge in [0.25, 0.3) is 0 Å². The summed E-state index contributed by atoms with van der Waals surface area (Å²) in [4.78, 5) is 0.965. The van der Waals surface area contributed by atoms with Gasteiger partial charge in [-0.05, 0) is 28.6 Å². The molecule has 0 radical (unpaired) electrons. The highest BCUT2D eigenvalue weighted by atomic mass is 32.2. The molecule has 0 saturated carbocycles. The molecule has 0 aliphatic rings. The minimum Gasteiger partial charge on any atom is -0.538 e. The second-order valence-electron chi connectivity index (χ2n) is 3.83. The first-order valence-corrected chi connectivity index (χ1v) is 6.53. The zero-order valence-corrected chi connectivity index (χ0v) is 10.7. The van der Waals surface area contributed by atoms with Gasteiger partial charge in [0.15, 0.2) is 5.95 Å². The standard InChI is InChI=1S/C14H10N2O2S/c17-14-13(19-12-9-5-2-6-10-12)16(15-18-14)11-7-3-1-4-8-11/h1-10H. The van der Waals surface area contributed by atoms with Crippen molar-refractivity contribution in [2.45, 2.75) is 9.92 Å². The molecule has 0 bridgehead atoms. The fraction of sp³-hybridized carbons (Fsp3) is 0. The van der Waals surface area contributed by atoms with Gasteiger partial charge in [-0.25, -0.2) is 0 Å². The Morgan fingerprint density at radius 2 is 1.58 bits per heavy atom. The second kappa shape index (κ2) is 5.16. The Morgan fingerprint density at radius 3 is 2.26 bits per heavy atom. The molecule has 19 heavy (non-hydrogen) atoms. The van der Waals surface area contributed by atoms with Gasteiger partial charge in [0.2, 0.25) is 5.69 Å². The SMILES string of the molecule is [O-]c1on[n+](-c2ccccc2)c1Sc1ccccc1. The molecule has 4 nitrogen and oxygen atoms in total. The third-order valence-electron chi connectivity index (χ3n) is 2.53. The number of aromatic nitrogens is 2. The molecule has 3 aromatic rings. The summed E-state index contributed by atoms with van der Waals surface area (Å²) in [6, 6.07) is 19.1. The third-order valence-corrected chi connectivity index (χ3v) is 3.57. The van der Waals surface area contributed by atoms with E-state index in [-0.39, 0.29) is 0 Å². The summed E-state index contributed by atoms with van der Waals surface area (Å²) < 4.78 is 6.27. The van der Waals surface area contributed by atoms with Crippen molar-refractivity contribution in [2.75, 3.05) is 0 Å². The first kappa shape index (κ1) is 11.8. The molecule has 0 fully saturated rings. The molecule has 0 unspecified atom stereocenters. The van der Waals surface area contributed by atoms with Gasteiger partial charge >= 0.3 is 5.03 Å². The van der Waals surface area contributed by atoms with Crippen LogP contribution in [-0.4, -0.2) is 5.27 Å². The number of benzene rings is 2. The highest BCUT2D eigenvalue weighted by Crippen LogP contribution is 2.30. The Kier molecular flexibility index (Phi) is 3.20. The van der Waals surface area contributed by atoms with E-state index in [0.717, 1.165) is 10.6 Å². The molecule has 0 amide bonds. The van der Waals surface area contributed by atoms with Crippen LogP contribution in [0.15, 0.2) is 75.1 Å². The van der Waals surface area contributed by atoms with Gasteiger partial charge in [-0.1, -0.05) is 36.4 Å². The Bertz CT molecular complexity index is 668. The number of rotatable bonds is 3. The zero-order chi connectivity index (χ0) is 13.1. The van der Waals surface area contributed by atoms with E-state index in [4.69, 9.17) is 4.52 Å². The van der Waals surface area contributed by atoms with Crippen molar-refractivity contribution in [3.8, 4) is 11.6 Å². The Labute approximate surface area is 114 Å². The third kappa shape index (κ3) is 2.46. The molecule has 0 spiro atoms. The predicted molar refractivity (Wildman–Crippen MR) is 68.0 cm³/mol. The smallest absolute Gasteiger partial charge is 0.302 e. The van der Waals surface area contributed by atoms with Gasteiger partial charge in [0.1, 0.15) is 0 Å². The number of para-hydroxylation sites is 1. The van der Waals surface area contributed by atoms with E-state index in [1.807, 2.05) is 60.7 Å². The highest BCUT2D eigenvalue weighted by molar-refractivity contribution is 7.99. The van der Waals surface area contributed by atoms with E-state index in [1.165, 1.54) is 16.4 Å². The minimum absolute atomic E-state index is 0.433. The summed E-state index contributed by atoms with van der Waals surface area (Å²) in [6.45, 7) is 0. The average Bonchev–Trinajstić information content (AvgIpc) is 2.82. The summed E-state index contributed by atoms with van der Waals surface area (Å²) in [7, 11) is 0. The molecule has 0 aliphatic heterocycles. The van der Waals surface area contributed by atoms with Crippen molar-refractivity contribution < 1.29 is 14.3 Å². The highest BCUT2D eigenvalue weighted by Gasteiger charge is 2.21. The quantitative estimate of drug-likeness (QED) is 0.684. The van der Waals surface area contributed by atoms with Gasteiger partial charge in [0.05, 0.1) is 5.27 Å². The van der Waals surface area contributed by atoms with Crippen LogP contribution in [0.5, 0.6) is 5.95 Å². The minimum atomic E-state index is -0.433. The van der Waals surface area contributed by atoms with Crippen molar-refractivity contribution in [2.24, 2.45) is 0 Å². The van der Waals surface area contributed by atoms with Crippen LogP contribution in [0.3, 0.4) is 0 Å². The van der Waals surface area contributed by atoms with E-state index in [9.17, 15) is 5.11 Å². The molecule has 0 atom stereocenters. The van der Waals surface area contributed by atoms with Gasteiger partial charge in [-0.15, -0.1) is 0 Å². The van der Waals surface area contributed by atoms with Crippen LogP contribution in [0, 0.1) is 0 Å². The van der Waals surface area contributed by atoms with Crippen molar-refractivity contribution in [1.82, 2.24) is 5.27 Å². The maximum absolute atomic E-state index is 11.7. The Morgan fingerprint density at radius 1 is 0.947 bits per heavy atom. The van der Waals surface area contributed by atoms with Crippen LogP contribution in [0.4, 0.5) is 0 Å². The van der Waals surface area contributed by atoms with E-state index < -0.39 is 5.95 Å². The van der Waals surface area contributed by atoms with Crippen LogP contribution >= 0.6 is 11.8 Å². The molecular formula is C14H10N2O2S. The first-order valence-electron chi connectivity index (χ1n) is 5.72. The van der Waals surface area contributed by atoms with Gasteiger partial charge < -0.3 is 9.63 Å². The Hall–Kier alpha value is -2.27. The maximum Gasteiger partial charge on any atom is 0.302 e. The van der Waals surface area contributed by atoms with Crippen LogP contribution in [0.1, 0.15) is 0 Å². The predicted octanol–water partition coefficient (Wildman–Crippen LogP) is 2.18. The lowest BCUT2D eigenvalue weighted by atomic mass is 10.3. The van der Waals surface area contributed by atoms with Crippen molar-refractivity contribution in [1.29, 1.82) is 0 Å². The fourth-order valence-corrected chi connectivity index (χ4v) is 2.52. The van der Waals surface area contributed by atoms with Crippen LogP contribution in [-0.2, 0) is 0 Å². The number of nitrogens with zero attached hydrogens (tertiary/aromatic N) is 2. The molecule has 3 rings (SSSR count). The lowest BCUT2D eigenvalue weighted by molar-refractivity contribution is -0.705. The lowest BCUT2D eigenvalue weighted by Crippen LogP contribution is -2.34. The maximum atomic E-state index is 11.7. The summed E-state index contributed by atoms with van der Waals surface area (Å²) in [5.41, 5.74) is 0.798. The van der Waals surface area contributed by atoms with Crippen molar-refractivity contribution in [3.63, 3.8) is 0 Å². The molecule has 0 aliphatic carbocycles. The van der Waals surface area contributed by atoms with Gasteiger partial charge in [-0.3, -0.25) is 0 Å². The summed E-state index contributed by atoms with van der Waals surface area (Å²) in [5.74, 6) is -0.433. The van der Waals surface area contributed by atoms with E-state index in [0.29, 0.717) is 5.03 Å². The van der Waals surface area contributed by atoms with Gasteiger partial charge in [-0.2, -0.15) is 0 Å². The summed E-state index contributed by atoms with van der Waals surface area (Å²) in [6.07, 6.45) is 0. The normalized spacial score (nSPS) is 10.5.